The monoisotopic (exact) mass is 718 g/mol. The standard InChI is InChI=1S/C39H34N4O6S2/c1-24-17-19-26(20-18-24)21-31(42-35(45)27-11-6-4-7-12-27)36(46)41-29-15-10-16-30(22-29)50-23-32(44)43-38-33(39(48)49-3)25(2)34(51-38)37(47)40-28-13-8-5-9-14-28/h4-22H,23H2,1-3H3,(H,40,47)(H,41,46)(H,42,45)(H,43,44)/b31-21+. The van der Waals surface area contributed by atoms with Gasteiger partial charge in [0.2, 0.25) is 5.91 Å². The minimum Gasteiger partial charge on any atom is -0.465 e. The first kappa shape index (κ1) is 36.3. The van der Waals surface area contributed by atoms with Crippen molar-refractivity contribution in [2.24, 2.45) is 0 Å². The summed E-state index contributed by atoms with van der Waals surface area (Å²) in [7, 11) is 1.23. The third-order valence-electron chi connectivity index (χ3n) is 7.41. The fraction of sp³-hybridized carbons (Fsp3) is 0.103. The van der Waals surface area contributed by atoms with Gasteiger partial charge >= 0.3 is 5.97 Å². The van der Waals surface area contributed by atoms with Gasteiger partial charge in [0.15, 0.2) is 0 Å². The summed E-state index contributed by atoms with van der Waals surface area (Å²) in [5, 5.41) is 11.3. The predicted octanol–water partition coefficient (Wildman–Crippen LogP) is 7.54. The number of para-hydroxylation sites is 1. The number of carbonyl (C=O) groups is 5. The summed E-state index contributed by atoms with van der Waals surface area (Å²) in [5.74, 6) is -2.51. The van der Waals surface area contributed by atoms with Crippen molar-refractivity contribution in [1.82, 2.24) is 5.32 Å². The Morgan fingerprint density at radius 1 is 0.745 bits per heavy atom. The maximum absolute atomic E-state index is 13.5. The van der Waals surface area contributed by atoms with E-state index in [2.05, 4.69) is 21.3 Å². The van der Waals surface area contributed by atoms with Crippen LogP contribution in [-0.2, 0) is 14.3 Å². The minimum atomic E-state index is -0.676. The third kappa shape index (κ3) is 9.81. The van der Waals surface area contributed by atoms with Crippen LogP contribution in [-0.4, -0.2) is 42.5 Å². The molecule has 0 saturated heterocycles. The van der Waals surface area contributed by atoms with E-state index < -0.39 is 29.6 Å². The van der Waals surface area contributed by atoms with Crippen LogP contribution in [0.3, 0.4) is 0 Å². The normalized spacial score (nSPS) is 10.9. The van der Waals surface area contributed by atoms with E-state index in [1.807, 2.05) is 37.3 Å². The molecule has 10 nitrogen and oxygen atoms in total. The lowest BCUT2D eigenvalue weighted by atomic mass is 10.1. The number of thioether (sulfide) groups is 1. The van der Waals surface area contributed by atoms with Crippen LogP contribution in [0.15, 0.2) is 120 Å². The summed E-state index contributed by atoms with van der Waals surface area (Å²) in [5.41, 5.74) is 3.78. The molecule has 5 rings (SSSR count). The van der Waals surface area contributed by atoms with E-state index in [0.717, 1.165) is 22.5 Å². The highest BCUT2D eigenvalue weighted by Crippen LogP contribution is 2.34. The van der Waals surface area contributed by atoms with Gasteiger partial charge in [-0.2, -0.15) is 0 Å². The molecule has 0 spiro atoms. The number of rotatable bonds is 12. The van der Waals surface area contributed by atoms with Crippen molar-refractivity contribution in [2.45, 2.75) is 18.7 Å². The first-order valence-corrected chi connectivity index (χ1v) is 17.5. The summed E-state index contributed by atoms with van der Waals surface area (Å²) in [6.07, 6.45) is 1.60. The lowest BCUT2D eigenvalue weighted by molar-refractivity contribution is -0.114. The van der Waals surface area contributed by atoms with Gasteiger partial charge in [0.05, 0.1) is 23.3 Å². The molecule has 1 heterocycles. The third-order valence-corrected chi connectivity index (χ3v) is 9.61. The van der Waals surface area contributed by atoms with Crippen LogP contribution in [0, 0.1) is 13.8 Å². The molecule has 4 aromatic carbocycles. The van der Waals surface area contributed by atoms with Crippen molar-refractivity contribution in [3.8, 4) is 0 Å². The van der Waals surface area contributed by atoms with Gasteiger partial charge in [-0.15, -0.1) is 23.1 Å². The number of amides is 4. The molecule has 0 atom stereocenters. The average Bonchev–Trinajstić information content (AvgIpc) is 3.46. The lowest BCUT2D eigenvalue weighted by Crippen LogP contribution is -2.30. The minimum absolute atomic E-state index is 0.0355. The second-order valence-electron chi connectivity index (χ2n) is 11.2. The smallest absolute Gasteiger partial charge is 0.341 e. The number of nitrogens with one attached hydrogen (secondary N) is 4. The number of aryl methyl sites for hydroxylation is 1. The topological polar surface area (TPSA) is 143 Å². The first-order chi connectivity index (χ1) is 24.6. The molecule has 0 fully saturated rings. The number of esters is 1. The van der Waals surface area contributed by atoms with Gasteiger partial charge in [0, 0.05) is 21.8 Å². The number of anilines is 3. The second-order valence-corrected chi connectivity index (χ2v) is 13.2. The molecule has 4 N–H and O–H groups in total. The van der Waals surface area contributed by atoms with Crippen LogP contribution in [0.25, 0.3) is 6.08 Å². The van der Waals surface area contributed by atoms with Gasteiger partial charge in [-0.1, -0.05) is 72.3 Å². The van der Waals surface area contributed by atoms with Crippen molar-refractivity contribution in [3.05, 3.63) is 148 Å². The Bertz CT molecular complexity index is 2100. The summed E-state index contributed by atoms with van der Waals surface area (Å²) in [4.78, 5) is 66.2. The zero-order valence-electron chi connectivity index (χ0n) is 27.9. The van der Waals surface area contributed by atoms with Gasteiger partial charge in [0.1, 0.15) is 10.7 Å². The molecule has 0 bridgehead atoms. The molecule has 51 heavy (non-hydrogen) atoms. The molecule has 258 valence electrons. The Hall–Kier alpha value is -5.98. The second kappa shape index (κ2) is 17.1. The Morgan fingerprint density at radius 2 is 1.41 bits per heavy atom. The molecule has 1 aromatic heterocycles. The van der Waals surface area contributed by atoms with Crippen molar-refractivity contribution in [3.63, 3.8) is 0 Å². The molecule has 0 aliphatic heterocycles. The van der Waals surface area contributed by atoms with Crippen molar-refractivity contribution in [2.75, 3.05) is 28.8 Å². The molecule has 0 aliphatic rings. The van der Waals surface area contributed by atoms with Gasteiger partial charge in [0.25, 0.3) is 17.7 Å². The molecule has 0 unspecified atom stereocenters. The van der Waals surface area contributed by atoms with Gasteiger partial charge < -0.3 is 26.0 Å². The lowest BCUT2D eigenvalue weighted by Gasteiger charge is -2.12. The van der Waals surface area contributed by atoms with Crippen LogP contribution in [0.2, 0.25) is 0 Å². The zero-order valence-corrected chi connectivity index (χ0v) is 29.6. The van der Waals surface area contributed by atoms with Crippen LogP contribution in [0.4, 0.5) is 16.4 Å². The zero-order chi connectivity index (χ0) is 36.3. The van der Waals surface area contributed by atoms with Crippen molar-refractivity contribution >= 4 is 75.1 Å². The van der Waals surface area contributed by atoms with Crippen molar-refractivity contribution < 1.29 is 28.7 Å². The SMILES string of the molecule is COC(=O)c1c(NC(=O)CSc2cccc(NC(=O)/C(=C\c3ccc(C)cc3)NC(=O)c3ccccc3)c2)sc(C(=O)Nc2ccccc2)c1C. The molecule has 0 aliphatic carbocycles. The maximum atomic E-state index is 13.5. The van der Waals surface area contributed by atoms with Crippen LogP contribution in [0.5, 0.6) is 0 Å². The molecule has 5 aromatic rings. The maximum Gasteiger partial charge on any atom is 0.341 e. The predicted molar refractivity (Wildman–Crippen MR) is 202 cm³/mol. The Labute approximate surface area is 303 Å². The van der Waals surface area contributed by atoms with Crippen LogP contribution in [0.1, 0.15) is 47.1 Å². The molecular weight excluding hydrogens is 685 g/mol. The van der Waals surface area contributed by atoms with E-state index in [9.17, 15) is 24.0 Å². The number of hydrogen-bond acceptors (Lipinski definition) is 8. The van der Waals surface area contributed by atoms with E-state index in [4.69, 9.17) is 4.74 Å². The van der Waals surface area contributed by atoms with Gasteiger partial charge in [-0.25, -0.2) is 4.79 Å². The number of carbonyl (C=O) groups excluding carboxylic acids is 5. The molecular formula is C39H34N4O6S2. The number of methoxy groups -OCH3 is 1. The largest absolute Gasteiger partial charge is 0.465 e. The summed E-state index contributed by atoms with van der Waals surface area (Å²) in [6.45, 7) is 3.58. The van der Waals surface area contributed by atoms with Crippen LogP contribution >= 0.6 is 23.1 Å². The Kier molecular flexibility index (Phi) is 12.2. The number of hydrogen-bond donors (Lipinski definition) is 4. The van der Waals surface area contributed by atoms with E-state index in [-0.39, 0.29) is 26.9 Å². The van der Waals surface area contributed by atoms with Crippen LogP contribution < -0.4 is 21.3 Å². The average molecular weight is 719 g/mol. The highest BCUT2D eigenvalue weighted by Gasteiger charge is 2.26. The van der Waals surface area contributed by atoms with E-state index >= 15 is 0 Å². The highest BCUT2D eigenvalue weighted by atomic mass is 32.2. The Morgan fingerprint density at radius 3 is 2.10 bits per heavy atom. The fourth-order valence-corrected chi connectivity index (χ4v) is 6.68. The fourth-order valence-electron chi connectivity index (χ4n) is 4.82. The number of benzene rings is 4. The Balaban J connectivity index is 1.26. The molecule has 12 heteroatoms. The molecule has 0 radical (unpaired) electrons. The van der Waals surface area contributed by atoms with E-state index in [0.29, 0.717) is 27.4 Å². The summed E-state index contributed by atoms with van der Waals surface area (Å²) >= 11 is 2.20. The molecule has 4 amide bonds. The van der Waals surface area contributed by atoms with Gasteiger partial charge in [-0.05, 0) is 73.5 Å². The number of thiophene rings is 1. The van der Waals surface area contributed by atoms with E-state index in [1.165, 1.54) is 18.9 Å². The quantitative estimate of drug-likeness (QED) is 0.0593. The first-order valence-electron chi connectivity index (χ1n) is 15.7. The van der Waals surface area contributed by atoms with E-state index in [1.54, 1.807) is 91.9 Å². The summed E-state index contributed by atoms with van der Waals surface area (Å²) < 4.78 is 4.94. The summed E-state index contributed by atoms with van der Waals surface area (Å²) in [6, 6.07) is 31.9. The highest BCUT2D eigenvalue weighted by molar-refractivity contribution is 8.00. The van der Waals surface area contributed by atoms with Crippen molar-refractivity contribution in [1.29, 1.82) is 0 Å². The molecule has 0 saturated carbocycles. The van der Waals surface area contributed by atoms with Gasteiger partial charge in [-0.3, -0.25) is 19.2 Å². The number of ether oxygens (including phenoxy) is 1.